The molecule has 2 aromatic rings. The Morgan fingerprint density at radius 3 is 2.84 bits per heavy atom. The summed E-state index contributed by atoms with van der Waals surface area (Å²) >= 11 is 6.65. The molecule has 0 bridgehead atoms. The molecule has 19 heavy (non-hydrogen) atoms. The van der Waals surface area contributed by atoms with Gasteiger partial charge in [-0.3, -0.25) is 4.79 Å². The number of hydrogen-bond donors (Lipinski definition) is 1. The Morgan fingerprint density at radius 1 is 1.37 bits per heavy atom. The van der Waals surface area contributed by atoms with Crippen LogP contribution in [0.3, 0.4) is 0 Å². The third-order valence-electron chi connectivity index (χ3n) is 2.29. The molecule has 0 aliphatic rings. The van der Waals surface area contributed by atoms with Crippen LogP contribution in [0.5, 0.6) is 0 Å². The normalized spacial score (nSPS) is 10.5. The van der Waals surface area contributed by atoms with Gasteiger partial charge in [0.05, 0.1) is 5.69 Å². The summed E-state index contributed by atoms with van der Waals surface area (Å²) in [5.74, 6) is -1.85. The van der Waals surface area contributed by atoms with Crippen molar-refractivity contribution >= 4 is 34.0 Å². The lowest BCUT2D eigenvalue weighted by Gasteiger charge is -1.99. The standard InChI is InChI=1S/C12H9ClF2N2OS/c13-4-3-11(18)17-12-16-10(6-19-12)7-1-2-8(14)9(15)5-7/h1-2,5-6H,3-4H2,(H,16,17,18). The zero-order valence-electron chi connectivity index (χ0n) is 9.62. The van der Waals surface area contributed by atoms with Gasteiger partial charge in [-0.25, -0.2) is 13.8 Å². The quantitative estimate of drug-likeness (QED) is 0.876. The van der Waals surface area contributed by atoms with E-state index in [1.807, 2.05) is 0 Å². The van der Waals surface area contributed by atoms with Gasteiger partial charge >= 0.3 is 0 Å². The van der Waals surface area contributed by atoms with Crippen molar-refractivity contribution in [2.24, 2.45) is 0 Å². The van der Waals surface area contributed by atoms with E-state index in [1.165, 1.54) is 17.4 Å². The van der Waals surface area contributed by atoms with Crippen LogP contribution in [0, 0.1) is 11.6 Å². The summed E-state index contributed by atoms with van der Waals surface area (Å²) in [4.78, 5) is 15.4. The number of rotatable bonds is 4. The summed E-state index contributed by atoms with van der Waals surface area (Å²) < 4.78 is 25.9. The molecule has 100 valence electrons. The predicted octanol–water partition coefficient (Wildman–Crippen LogP) is 3.66. The Morgan fingerprint density at radius 2 is 2.16 bits per heavy atom. The molecule has 1 aromatic carbocycles. The van der Waals surface area contributed by atoms with E-state index in [0.29, 0.717) is 16.4 Å². The maximum atomic E-state index is 13.1. The zero-order valence-corrected chi connectivity index (χ0v) is 11.2. The smallest absolute Gasteiger partial charge is 0.227 e. The molecule has 0 fully saturated rings. The van der Waals surface area contributed by atoms with Gasteiger partial charge in [-0.2, -0.15) is 0 Å². The van der Waals surface area contributed by atoms with Crippen molar-refractivity contribution in [3.63, 3.8) is 0 Å². The Balaban J connectivity index is 2.16. The molecule has 0 saturated heterocycles. The molecule has 3 nitrogen and oxygen atoms in total. The molecule has 0 aliphatic heterocycles. The number of amides is 1. The average molecular weight is 303 g/mol. The van der Waals surface area contributed by atoms with Gasteiger partial charge in [0.2, 0.25) is 5.91 Å². The third kappa shape index (κ3) is 3.48. The van der Waals surface area contributed by atoms with E-state index in [2.05, 4.69) is 10.3 Å². The zero-order chi connectivity index (χ0) is 13.8. The number of halogens is 3. The number of nitrogens with one attached hydrogen (secondary N) is 1. The van der Waals surface area contributed by atoms with E-state index >= 15 is 0 Å². The number of alkyl halides is 1. The number of carbonyl (C=O) groups excluding carboxylic acids is 1. The summed E-state index contributed by atoms with van der Waals surface area (Å²) in [7, 11) is 0. The second-order valence-corrected chi connectivity index (χ2v) is 4.89. The highest BCUT2D eigenvalue weighted by molar-refractivity contribution is 7.14. The Hall–Kier alpha value is -1.53. The van der Waals surface area contributed by atoms with Crippen LogP contribution in [0.1, 0.15) is 6.42 Å². The average Bonchev–Trinajstić information content (AvgIpc) is 2.81. The van der Waals surface area contributed by atoms with Gasteiger partial charge < -0.3 is 5.32 Å². The first-order valence-electron chi connectivity index (χ1n) is 5.37. The molecule has 0 saturated carbocycles. The van der Waals surface area contributed by atoms with Gasteiger partial charge in [0.25, 0.3) is 0 Å². The second kappa shape index (κ2) is 6.08. The van der Waals surface area contributed by atoms with Crippen molar-refractivity contribution in [1.82, 2.24) is 4.98 Å². The van der Waals surface area contributed by atoms with E-state index in [4.69, 9.17) is 11.6 Å². The van der Waals surface area contributed by atoms with Crippen LogP contribution in [-0.4, -0.2) is 16.8 Å². The van der Waals surface area contributed by atoms with Crippen molar-refractivity contribution in [3.05, 3.63) is 35.2 Å². The van der Waals surface area contributed by atoms with Crippen molar-refractivity contribution in [3.8, 4) is 11.3 Å². The van der Waals surface area contributed by atoms with Crippen molar-refractivity contribution < 1.29 is 13.6 Å². The minimum Gasteiger partial charge on any atom is -0.302 e. The lowest BCUT2D eigenvalue weighted by molar-refractivity contribution is -0.115. The summed E-state index contributed by atoms with van der Waals surface area (Å²) in [5.41, 5.74) is 0.929. The maximum absolute atomic E-state index is 13.1. The fraction of sp³-hybridized carbons (Fsp3) is 0.167. The first-order valence-corrected chi connectivity index (χ1v) is 6.78. The number of nitrogens with zero attached hydrogens (tertiary/aromatic N) is 1. The van der Waals surface area contributed by atoms with Gasteiger partial charge in [-0.05, 0) is 18.2 Å². The molecule has 1 aromatic heterocycles. The number of thiazole rings is 1. The summed E-state index contributed by atoms with van der Waals surface area (Å²) in [6, 6.07) is 3.53. The number of aromatic nitrogens is 1. The van der Waals surface area contributed by atoms with E-state index in [9.17, 15) is 13.6 Å². The maximum Gasteiger partial charge on any atom is 0.227 e. The number of benzene rings is 1. The van der Waals surface area contributed by atoms with E-state index in [0.717, 1.165) is 12.1 Å². The molecule has 0 radical (unpaired) electrons. The fourth-order valence-corrected chi connectivity index (χ4v) is 2.29. The minimum absolute atomic E-state index is 0.196. The summed E-state index contributed by atoms with van der Waals surface area (Å²) in [6.07, 6.45) is 0.196. The minimum atomic E-state index is -0.932. The summed E-state index contributed by atoms with van der Waals surface area (Å²) in [6.45, 7) is 0. The van der Waals surface area contributed by atoms with Crippen LogP contribution in [-0.2, 0) is 4.79 Å². The number of anilines is 1. The van der Waals surface area contributed by atoms with Gasteiger partial charge in [0.1, 0.15) is 0 Å². The van der Waals surface area contributed by atoms with Crippen LogP contribution < -0.4 is 5.32 Å². The Kier molecular flexibility index (Phi) is 4.44. The molecule has 2 rings (SSSR count). The predicted molar refractivity (Wildman–Crippen MR) is 71.4 cm³/mol. The van der Waals surface area contributed by atoms with Crippen molar-refractivity contribution in [2.45, 2.75) is 6.42 Å². The SMILES string of the molecule is O=C(CCCl)Nc1nc(-c2ccc(F)c(F)c2)cs1. The molecule has 0 spiro atoms. The van der Waals surface area contributed by atoms with Crippen LogP contribution in [0.2, 0.25) is 0 Å². The first-order chi connectivity index (χ1) is 9.10. The molecule has 7 heteroatoms. The molecule has 1 amide bonds. The largest absolute Gasteiger partial charge is 0.302 e. The second-order valence-electron chi connectivity index (χ2n) is 3.65. The van der Waals surface area contributed by atoms with Crippen LogP contribution in [0.4, 0.5) is 13.9 Å². The third-order valence-corrected chi connectivity index (χ3v) is 3.23. The summed E-state index contributed by atoms with van der Waals surface area (Å²) in [5, 5.41) is 4.63. The lowest BCUT2D eigenvalue weighted by atomic mass is 10.2. The van der Waals surface area contributed by atoms with E-state index in [-0.39, 0.29) is 18.2 Å². The molecule has 0 unspecified atom stereocenters. The van der Waals surface area contributed by atoms with Gasteiger partial charge in [0, 0.05) is 23.2 Å². The van der Waals surface area contributed by atoms with E-state index in [1.54, 1.807) is 5.38 Å². The highest BCUT2D eigenvalue weighted by atomic mass is 35.5. The fourth-order valence-electron chi connectivity index (χ4n) is 1.39. The van der Waals surface area contributed by atoms with Gasteiger partial charge in [-0.15, -0.1) is 22.9 Å². The highest BCUT2D eigenvalue weighted by Gasteiger charge is 2.09. The van der Waals surface area contributed by atoms with E-state index < -0.39 is 11.6 Å². The Bertz CT molecular complexity index is 603. The topological polar surface area (TPSA) is 42.0 Å². The number of hydrogen-bond acceptors (Lipinski definition) is 3. The van der Waals surface area contributed by atoms with Crippen LogP contribution in [0.25, 0.3) is 11.3 Å². The lowest BCUT2D eigenvalue weighted by Crippen LogP contribution is -2.11. The number of carbonyl (C=O) groups is 1. The molecule has 0 atom stereocenters. The van der Waals surface area contributed by atoms with Gasteiger partial charge in [0.15, 0.2) is 16.8 Å². The monoisotopic (exact) mass is 302 g/mol. The van der Waals surface area contributed by atoms with Crippen LogP contribution in [0.15, 0.2) is 23.6 Å². The first kappa shape index (κ1) is 13.9. The molecular weight excluding hydrogens is 294 g/mol. The Labute approximate surface area is 117 Å². The molecule has 0 aliphatic carbocycles. The van der Waals surface area contributed by atoms with Crippen molar-refractivity contribution in [1.29, 1.82) is 0 Å². The molecular formula is C12H9ClF2N2OS. The van der Waals surface area contributed by atoms with Crippen LogP contribution >= 0.6 is 22.9 Å². The molecule has 1 N–H and O–H groups in total. The van der Waals surface area contributed by atoms with Crippen molar-refractivity contribution in [2.75, 3.05) is 11.2 Å². The van der Waals surface area contributed by atoms with Gasteiger partial charge in [-0.1, -0.05) is 0 Å². The molecule has 1 heterocycles. The highest BCUT2D eigenvalue weighted by Crippen LogP contribution is 2.26.